The van der Waals surface area contributed by atoms with Gasteiger partial charge in [0.05, 0.1) is 24.1 Å². The minimum atomic E-state index is -0.215. The summed E-state index contributed by atoms with van der Waals surface area (Å²) in [5, 5.41) is 5.81. The van der Waals surface area contributed by atoms with Crippen molar-refractivity contribution in [2.45, 2.75) is 32.0 Å². The van der Waals surface area contributed by atoms with E-state index in [4.69, 9.17) is 16.3 Å². The van der Waals surface area contributed by atoms with Crippen LogP contribution in [0.3, 0.4) is 0 Å². The number of carbonyl (C=O) groups excluding carboxylic acids is 1. The van der Waals surface area contributed by atoms with Gasteiger partial charge in [0, 0.05) is 17.6 Å². The van der Waals surface area contributed by atoms with E-state index in [1.807, 2.05) is 25.3 Å². The van der Waals surface area contributed by atoms with E-state index in [0.29, 0.717) is 38.4 Å². The fourth-order valence-corrected chi connectivity index (χ4v) is 4.46. The van der Waals surface area contributed by atoms with Crippen molar-refractivity contribution in [1.82, 2.24) is 9.55 Å². The number of aryl methyl sites for hydroxylation is 1. The Morgan fingerprint density at radius 2 is 2.21 bits per heavy atom. The van der Waals surface area contributed by atoms with E-state index in [1.165, 1.54) is 30.2 Å². The lowest BCUT2D eigenvalue weighted by Crippen LogP contribution is -2.23. The minimum Gasteiger partial charge on any atom is -0.495 e. The molecule has 0 fully saturated rings. The smallest absolute Gasteiger partial charge is 0.272 e. The third kappa shape index (κ3) is 4.34. The lowest BCUT2D eigenvalue weighted by Gasteiger charge is -2.13. The highest BCUT2D eigenvalue weighted by Crippen LogP contribution is 2.31. The molecule has 0 saturated carbocycles. The number of carbonyl (C=O) groups is 1. The molecule has 1 N–H and O–H groups in total. The van der Waals surface area contributed by atoms with Gasteiger partial charge in [0.25, 0.3) is 5.56 Å². The molecule has 0 atom stereocenters. The van der Waals surface area contributed by atoms with E-state index in [0.717, 1.165) is 12.0 Å². The first kappa shape index (κ1) is 20.7. The molecular weight excluding hydrogens is 418 g/mol. The number of anilines is 1. The van der Waals surface area contributed by atoms with Gasteiger partial charge < -0.3 is 10.1 Å². The van der Waals surface area contributed by atoms with Crippen LogP contribution in [-0.2, 0) is 11.3 Å². The second kappa shape index (κ2) is 8.98. The van der Waals surface area contributed by atoms with Crippen LogP contribution in [0, 0.1) is 6.92 Å². The molecule has 1 amide bonds. The predicted molar refractivity (Wildman–Crippen MR) is 116 cm³/mol. The van der Waals surface area contributed by atoms with E-state index < -0.39 is 0 Å². The van der Waals surface area contributed by atoms with Crippen molar-refractivity contribution in [3.05, 3.63) is 44.5 Å². The topological polar surface area (TPSA) is 73.2 Å². The van der Waals surface area contributed by atoms with Crippen LogP contribution in [0.1, 0.15) is 18.9 Å². The van der Waals surface area contributed by atoms with Crippen molar-refractivity contribution < 1.29 is 9.53 Å². The van der Waals surface area contributed by atoms with Crippen molar-refractivity contribution >= 4 is 56.5 Å². The molecule has 28 heavy (non-hydrogen) atoms. The minimum absolute atomic E-state index is 0.0558. The van der Waals surface area contributed by atoms with Crippen molar-refractivity contribution in [3.8, 4) is 5.75 Å². The summed E-state index contributed by atoms with van der Waals surface area (Å²) < 4.78 is 7.57. The number of nitrogens with zero attached hydrogens (tertiary/aromatic N) is 2. The highest BCUT2D eigenvalue weighted by atomic mass is 35.5. The summed E-state index contributed by atoms with van der Waals surface area (Å²) in [7, 11) is 1.52. The molecule has 0 unspecified atom stereocenters. The first-order valence-corrected chi connectivity index (χ1v) is 10.9. The van der Waals surface area contributed by atoms with Crippen molar-refractivity contribution in [2.75, 3.05) is 18.2 Å². The number of methoxy groups -OCH3 is 1. The number of fused-ring (bicyclic) bond motifs is 1. The molecule has 148 valence electrons. The molecule has 0 aliphatic rings. The molecule has 6 nitrogen and oxygen atoms in total. The van der Waals surface area contributed by atoms with Crippen LogP contribution >= 0.6 is 34.7 Å². The van der Waals surface area contributed by atoms with Gasteiger partial charge in [-0.25, -0.2) is 4.98 Å². The Labute approximate surface area is 175 Å². The van der Waals surface area contributed by atoms with Gasteiger partial charge in [-0.15, -0.1) is 11.3 Å². The van der Waals surface area contributed by atoms with Gasteiger partial charge >= 0.3 is 0 Å². The quantitative estimate of drug-likeness (QED) is 0.433. The second-order valence-electron chi connectivity index (χ2n) is 6.12. The Kier molecular flexibility index (Phi) is 6.64. The van der Waals surface area contributed by atoms with E-state index >= 15 is 0 Å². The van der Waals surface area contributed by atoms with E-state index in [-0.39, 0.29) is 17.2 Å². The largest absolute Gasteiger partial charge is 0.495 e. The fourth-order valence-electron chi connectivity index (χ4n) is 2.70. The van der Waals surface area contributed by atoms with Crippen LogP contribution in [0.4, 0.5) is 5.69 Å². The number of thioether (sulfide) groups is 1. The number of rotatable bonds is 7. The molecule has 2 heterocycles. The van der Waals surface area contributed by atoms with Crippen LogP contribution in [0.15, 0.2) is 33.5 Å². The van der Waals surface area contributed by atoms with Gasteiger partial charge in [-0.1, -0.05) is 30.3 Å². The number of halogens is 1. The monoisotopic (exact) mass is 437 g/mol. The maximum absolute atomic E-state index is 12.7. The molecule has 0 radical (unpaired) electrons. The van der Waals surface area contributed by atoms with Crippen LogP contribution < -0.4 is 15.6 Å². The number of hydrogen-bond acceptors (Lipinski definition) is 6. The highest BCUT2D eigenvalue weighted by Gasteiger charge is 2.15. The average Bonchev–Trinajstić information content (AvgIpc) is 3.14. The molecular formula is C19H20ClN3O3S2. The molecule has 2 aromatic heterocycles. The Balaban J connectivity index is 1.79. The number of benzene rings is 1. The first-order valence-electron chi connectivity index (χ1n) is 8.69. The molecule has 9 heteroatoms. The number of aromatic nitrogens is 2. The van der Waals surface area contributed by atoms with Crippen LogP contribution in [0.25, 0.3) is 10.2 Å². The molecule has 3 rings (SSSR count). The predicted octanol–water partition coefficient (Wildman–Crippen LogP) is 4.57. The number of amides is 1. The maximum Gasteiger partial charge on any atom is 0.272 e. The van der Waals surface area contributed by atoms with Crippen LogP contribution in [0.2, 0.25) is 5.02 Å². The summed E-state index contributed by atoms with van der Waals surface area (Å²) in [5.41, 5.74) is 2.01. The normalized spacial score (nSPS) is 11.0. The van der Waals surface area contributed by atoms with Gasteiger partial charge in [0.2, 0.25) is 5.91 Å². The fraction of sp³-hybridized carbons (Fsp3) is 0.316. The van der Waals surface area contributed by atoms with Gasteiger partial charge in [0.1, 0.15) is 10.4 Å². The molecule has 0 saturated heterocycles. The van der Waals surface area contributed by atoms with Crippen LogP contribution in [-0.4, -0.2) is 28.3 Å². The Morgan fingerprint density at radius 3 is 2.93 bits per heavy atom. The van der Waals surface area contributed by atoms with Gasteiger partial charge in [-0.3, -0.25) is 14.2 Å². The zero-order valence-electron chi connectivity index (χ0n) is 15.7. The zero-order chi connectivity index (χ0) is 20.3. The molecule has 1 aromatic carbocycles. The average molecular weight is 438 g/mol. The summed E-state index contributed by atoms with van der Waals surface area (Å²) in [6, 6.07) is 5.26. The third-order valence-electron chi connectivity index (χ3n) is 4.07. The molecule has 0 spiro atoms. The SMILES string of the molecule is CCCn1c(SCC(=O)Nc2cc(C)c(Cl)cc2OC)nc2ccsc2c1=O. The van der Waals surface area contributed by atoms with Crippen molar-refractivity contribution in [2.24, 2.45) is 0 Å². The highest BCUT2D eigenvalue weighted by molar-refractivity contribution is 7.99. The Morgan fingerprint density at radius 1 is 1.43 bits per heavy atom. The summed E-state index contributed by atoms with van der Waals surface area (Å²) >= 11 is 8.74. The number of thiophene rings is 1. The van der Waals surface area contributed by atoms with Gasteiger partial charge in [-0.2, -0.15) is 0 Å². The van der Waals surface area contributed by atoms with Crippen molar-refractivity contribution in [3.63, 3.8) is 0 Å². The molecule has 0 aliphatic heterocycles. The Bertz CT molecular complexity index is 1080. The zero-order valence-corrected chi connectivity index (χ0v) is 18.1. The van der Waals surface area contributed by atoms with E-state index in [9.17, 15) is 9.59 Å². The maximum atomic E-state index is 12.7. The van der Waals surface area contributed by atoms with Gasteiger partial charge in [0.15, 0.2) is 5.16 Å². The number of hydrogen-bond donors (Lipinski definition) is 1. The third-order valence-corrected chi connectivity index (χ3v) is 6.34. The summed E-state index contributed by atoms with van der Waals surface area (Å²) in [6.07, 6.45) is 0.805. The number of nitrogens with one attached hydrogen (secondary N) is 1. The first-order chi connectivity index (χ1) is 13.4. The summed E-state index contributed by atoms with van der Waals surface area (Å²) in [4.78, 5) is 29.7. The lowest BCUT2D eigenvalue weighted by atomic mass is 10.2. The summed E-state index contributed by atoms with van der Waals surface area (Å²) in [5.74, 6) is 0.402. The number of ether oxygens (including phenoxy) is 1. The lowest BCUT2D eigenvalue weighted by molar-refractivity contribution is -0.113. The summed E-state index contributed by atoms with van der Waals surface area (Å²) in [6.45, 7) is 4.42. The standard InChI is InChI=1S/C19H20ClN3O3S2/c1-4-6-23-18(25)17-13(5-7-27-17)22-19(23)28-10-16(24)21-14-8-11(2)12(20)9-15(14)26-3/h5,7-9H,4,6,10H2,1-3H3,(H,21,24). The second-order valence-corrected chi connectivity index (χ2v) is 8.39. The Hall–Kier alpha value is -2.03. The van der Waals surface area contributed by atoms with Gasteiger partial charge in [-0.05, 0) is 36.4 Å². The van der Waals surface area contributed by atoms with E-state index in [2.05, 4.69) is 10.3 Å². The molecule has 3 aromatic rings. The van der Waals surface area contributed by atoms with Crippen LogP contribution in [0.5, 0.6) is 5.75 Å². The van der Waals surface area contributed by atoms with E-state index in [1.54, 1.807) is 16.7 Å². The molecule has 0 aliphatic carbocycles. The van der Waals surface area contributed by atoms with Crippen molar-refractivity contribution in [1.29, 1.82) is 0 Å². The molecule has 0 bridgehead atoms.